The third kappa shape index (κ3) is 9.14. The molecule has 3 aromatic carbocycles. The molecule has 1 aliphatic rings. The molecule has 3 aromatic rings. The van der Waals surface area contributed by atoms with Crippen molar-refractivity contribution in [1.82, 2.24) is 10.2 Å². The van der Waals surface area contributed by atoms with E-state index in [4.69, 9.17) is 18.9 Å². The van der Waals surface area contributed by atoms with Crippen molar-refractivity contribution < 1.29 is 28.5 Å². The fourth-order valence-electron chi connectivity index (χ4n) is 5.46. The number of fused-ring (bicyclic) bond motifs is 3. The van der Waals surface area contributed by atoms with Crippen LogP contribution < -0.4 is 5.32 Å². The van der Waals surface area contributed by atoms with Crippen molar-refractivity contribution in [3.8, 4) is 11.1 Å². The summed E-state index contributed by atoms with van der Waals surface area (Å²) in [7, 11) is 0. The van der Waals surface area contributed by atoms with Gasteiger partial charge in [-0.2, -0.15) is 0 Å². The predicted molar refractivity (Wildman–Crippen MR) is 171 cm³/mol. The zero-order valence-corrected chi connectivity index (χ0v) is 26.4. The summed E-state index contributed by atoms with van der Waals surface area (Å²) in [5.74, 6) is 0.0275. The maximum Gasteiger partial charge on any atom is 0.407 e. The number of carbonyl (C=O) groups excluding carboxylic acids is 2. The highest BCUT2D eigenvalue weighted by Crippen LogP contribution is 2.44. The molecule has 8 nitrogen and oxygen atoms in total. The van der Waals surface area contributed by atoms with E-state index in [1.807, 2.05) is 68.4 Å². The summed E-state index contributed by atoms with van der Waals surface area (Å²) in [6.45, 7) is 10.1. The maximum atomic E-state index is 14.0. The number of nitrogens with one attached hydrogen (secondary N) is 1. The van der Waals surface area contributed by atoms with Crippen molar-refractivity contribution in [1.29, 1.82) is 0 Å². The topological polar surface area (TPSA) is 86.3 Å². The minimum atomic E-state index is -0.953. The van der Waals surface area contributed by atoms with Gasteiger partial charge in [-0.3, -0.25) is 4.79 Å². The van der Waals surface area contributed by atoms with Crippen LogP contribution in [0.2, 0.25) is 0 Å². The molecule has 0 saturated carbocycles. The third-order valence-corrected chi connectivity index (χ3v) is 7.69. The van der Waals surface area contributed by atoms with Crippen LogP contribution >= 0.6 is 0 Å². The van der Waals surface area contributed by atoms with E-state index in [1.165, 1.54) is 0 Å². The number of hydrogen-bond acceptors (Lipinski definition) is 6. The quantitative estimate of drug-likeness (QED) is 0.180. The molecule has 0 saturated heterocycles. The van der Waals surface area contributed by atoms with Gasteiger partial charge in [-0.05, 0) is 54.0 Å². The molecular weight excluding hydrogens is 556 g/mol. The van der Waals surface area contributed by atoms with Gasteiger partial charge in [-0.1, -0.05) is 92.7 Å². The Morgan fingerprint density at radius 3 is 2.02 bits per heavy atom. The lowest BCUT2D eigenvalue weighted by atomic mass is 9.98. The molecule has 1 aliphatic carbocycles. The first-order valence-corrected chi connectivity index (χ1v) is 15.7. The molecule has 44 heavy (non-hydrogen) atoms. The standard InChI is InChI=1S/C36H46N2O6/c1-5-42-34(43-6-2)22-38(21-20-26(3)4)35(39)33(25-41-23-27-14-8-7-9-15-27)37-36(40)44-24-32-30-18-12-10-16-28(30)29-17-11-13-19-31(29)32/h7-19,26,32-34H,5-6,20-25H2,1-4H3,(H,37,40)/t33-/m0/s1. The molecule has 2 amide bonds. The molecule has 236 valence electrons. The number of amides is 2. The zero-order valence-electron chi connectivity index (χ0n) is 26.4. The van der Waals surface area contributed by atoms with E-state index in [2.05, 4.69) is 43.4 Å². The highest BCUT2D eigenvalue weighted by atomic mass is 16.7. The molecule has 0 fully saturated rings. The Labute approximate surface area is 261 Å². The van der Waals surface area contributed by atoms with Crippen molar-refractivity contribution in [2.24, 2.45) is 5.92 Å². The number of benzene rings is 3. The van der Waals surface area contributed by atoms with Crippen molar-refractivity contribution in [2.75, 3.05) is 39.5 Å². The Bertz CT molecular complexity index is 1280. The Morgan fingerprint density at radius 2 is 1.43 bits per heavy atom. The van der Waals surface area contributed by atoms with Crippen LogP contribution in [0.1, 0.15) is 56.7 Å². The number of nitrogens with zero attached hydrogens (tertiary/aromatic N) is 1. The average Bonchev–Trinajstić information content (AvgIpc) is 3.35. The molecule has 0 unspecified atom stereocenters. The lowest BCUT2D eigenvalue weighted by molar-refractivity contribution is -0.161. The van der Waals surface area contributed by atoms with E-state index in [0.29, 0.717) is 32.3 Å². The number of ether oxygens (including phenoxy) is 4. The largest absolute Gasteiger partial charge is 0.449 e. The Morgan fingerprint density at radius 1 is 0.841 bits per heavy atom. The first-order chi connectivity index (χ1) is 21.4. The van der Waals surface area contributed by atoms with Gasteiger partial charge < -0.3 is 29.2 Å². The summed E-state index contributed by atoms with van der Waals surface area (Å²) in [5, 5.41) is 2.82. The molecule has 1 atom stereocenters. The van der Waals surface area contributed by atoms with Gasteiger partial charge in [0.1, 0.15) is 12.6 Å². The lowest BCUT2D eigenvalue weighted by Gasteiger charge is -2.31. The maximum absolute atomic E-state index is 14.0. The summed E-state index contributed by atoms with van der Waals surface area (Å²) in [5.41, 5.74) is 5.53. The van der Waals surface area contributed by atoms with Crippen LogP contribution in [0.15, 0.2) is 78.9 Å². The number of alkyl carbamates (subject to hydrolysis) is 1. The van der Waals surface area contributed by atoms with E-state index in [0.717, 1.165) is 34.2 Å². The molecular formula is C36H46N2O6. The Hall–Kier alpha value is -3.72. The average molecular weight is 603 g/mol. The Balaban J connectivity index is 1.48. The summed E-state index contributed by atoms with van der Waals surface area (Å²) in [6.07, 6.45) is -0.441. The van der Waals surface area contributed by atoms with E-state index in [9.17, 15) is 9.59 Å². The van der Waals surface area contributed by atoms with Gasteiger partial charge in [0, 0.05) is 25.7 Å². The lowest BCUT2D eigenvalue weighted by Crippen LogP contribution is -2.53. The highest BCUT2D eigenvalue weighted by molar-refractivity contribution is 5.86. The van der Waals surface area contributed by atoms with Crippen LogP contribution in [0.3, 0.4) is 0 Å². The smallest absolute Gasteiger partial charge is 0.407 e. The fraction of sp³-hybridized carbons (Fsp3) is 0.444. The molecule has 1 N–H and O–H groups in total. The first kappa shape index (κ1) is 33.2. The van der Waals surface area contributed by atoms with Crippen molar-refractivity contribution in [3.05, 3.63) is 95.6 Å². The van der Waals surface area contributed by atoms with Gasteiger partial charge in [0.25, 0.3) is 0 Å². The summed E-state index contributed by atoms with van der Waals surface area (Å²) < 4.78 is 23.3. The summed E-state index contributed by atoms with van der Waals surface area (Å²) in [4.78, 5) is 29.0. The molecule has 0 aromatic heterocycles. The fourth-order valence-corrected chi connectivity index (χ4v) is 5.46. The van der Waals surface area contributed by atoms with Crippen LogP contribution in [0.25, 0.3) is 11.1 Å². The van der Waals surface area contributed by atoms with Crippen LogP contribution in [-0.2, 0) is 30.3 Å². The van der Waals surface area contributed by atoms with Gasteiger partial charge in [0.2, 0.25) is 5.91 Å². The molecule has 0 aliphatic heterocycles. The summed E-state index contributed by atoms with van der Waals surface area (Å²) >= 11 is 0. The summed E-state index contributed by atoms with van der Waals surface area (Å²) in [6, 6.07) is 25.1. The molecule has 0 bridgehead atoms. The van der Waals surface area contributed by atoms with Crippen molar-refractivity contribution in [2.45, 2.75) is 59.0 Å². The van der Waals surface area contributed by atoms with Crippen molar-refractivity contribution in [3.63, 3.8) is 0 Å². The van der Waals surface area contributed by atoms with Gasteiger partial charge in [0.05, 0.1) is 19.8 Å². The second-order valence-corrected chi connectivity index (χ2v) is 11.3. The highest BCUT2D eigenvalue weighted by Gasteiger charge is 2.32. The van der Waals surface area contributed by atoms with E-state index < -0.39 is 18.4 Å². The molecule has 0 radical (unpaired) electrons. The number of carbonyl (C=O) groups is 2. The number of hydrogen-bond donors (Lipinski definition) is 1. The van der Waals surface area contributed by atoms with Crippen LogP contribution in [0.5, 0.6) is 0 Å². The normalized spacial score (nSPS) is 13.0. The minimum absolute atomic E-state index is 0.00988. The zero-order chi connectivity index (χ0) is 31.3. The second-order valence-electron chi connectivity index (χ2n) is 11.3. The van der Waals surface area contributed by atoms with Gasteiger partial charge in [-0.15, -0.1) is 0 Å². The van der Waals surface area contributed by atoms with E-state index >= 15 is 0 Å². The monoisotopic (exact) mass is 602 g/mol. The van der Waals surface area contributed by atoms with E-state index in [1.54, 1.807) is 4.90 Å². The van der Waals surface area contributed by atoms with Crippen molar-refractivity contribution >= 4 is 12.0 Å². The predicted octanol–water partition coefficient (Wildman–Crippen LogP) is 6.38. The second kappa shape index (κ2) is 16.9. The van der Waals surface area contributed by atoms with Gasteiger partial charge in [0.15, 0.2) is 6.29 Å². The van der Waals surface area contributed by atoms with Gasteiger partial charge in [-0.25, -0.2) is 4.79 Å². The molecule has 0 spiro atoms. The molecule has 4 rings (SSSR count). The van der Waals surface area contributed by atoms with E-state index in [-0.39, 0.29) is 31.6 Å². The number of rotatable bonds is 17. The SMILES string of the molecule is CCOC(CN(CCC(C)C)C(=O)[C@H](COCc1ccccc1)NC(=O)OCC1c2ccccc2-c2ccccc21)OCC. The minimum Gasteiger partial charge on any atom is -0.449 e. The van der Waals surface area contributed by atoms with Crippen LogP contribution in [-0.4, -0.2) is 68.7 Å². The third-order valence-electron chi connectivity index (χ3n) is 7.69. The van der Waals surface area contributed by atoms with Crippen LogP contribution in [0.4, 0.5) is 4.79 Å². The molecule has 8 heteroatoms. The van der Waals surface area contributed by atoms with Crippen LogP contribution in [0, 0.1) is 5.92 Å². The van der Waals surface area contributed by atoms with Gasteiger partial charge >= 0.3 is 6.09 Å². The first-order valence-electron chi connectivity index (χ1n) is 15.7. The Kier molecular flexibility index (Phi) is 12.8. The molecule has 0 heterocycles.